The first-order chi connectivity index (χ1) is 12.7. The molecular formula is C21H28N4O. The molecule has 26 heavy (non-hydrogen) atoms. The van der Waals surface area contributed by atoms with Crippen molar-refractivity contribution in [3.8, 4) is 5.75 Å². The number of hydrogen-bond donors (Lipinski definition) is 0. The second-order valence-electron chi connectivity index (χ2n) is 8.26. The van der Waals surface area contributed by atoms with Crippen LogP contribution in [-0.4, -0.2) is 53.1 Å². The Bertz CT molecular complexity index is 767. The van der Waals surface area contributed by atoms with Gasteiger partial charge in [0.1, 0.15) is 11.6 Å². The predicted molar refractivity (Wildman–Crippen MR) is 101 cm³/mol. The Morgan fingerprint density at radius 1 is 1.12 bits per heavy atom. The summed E-state index contributed by atoms with van der Waals surface area (Å²) in [5, 5.41) is 0. The topological polar surface area (TPSA) is 33.5 Å². The molecule has 2 saturated heterocycles. The van der Waals surface area contributed by atoms with E-state index in [4.69, 9.17) is 4.74 Å². The van der Waals surface area contributed by atoms with Crippen LogP contribution < -0.4 is 4.74 Å². The Morgan fingerprint density at radius 3 is 2.65 bits per heavy atom. The van der Waals surface area contributed by atoms with Gasteiger partial charge in [-0.2, -0.15) is 0 Å². The van der Waals surface area contributed by atoms with Crippen molar-refractivity contribution >= 4 is 0 Å². The summed E-state index contributed by atoms with van der Waals surface area (Å²) in [5.41, 5.74) is 1.42. The van der Waals surface area contributed by atoms with Crippen molar-refractivity contribution in [3.05, 3.63) is 48.0 Å². The van der Waals surface area contributed by atoms with Gasteiger partial charge in [-0.05, 0) is 49.4 Å². The Balaban J connectivity index is 1.31. The summed E-state index contributed by atoms with van der Waals surface area (Å²) >= 11 is 0. The molecule has 3 atom stereocenters. The van der Waals surface area contributed by atoms with Gasteiger partial charge >= 0.3 is 0 Å². The van der Waals surface area contributed by atoms with E-state index >= 15 is 0 Å². The van der Waals surface area contributed by atoms with E-state index in [0.29, 0.717) is 18.0 Å². The zero-order valence-corrected chi connectivity index (χ0v) is 15.7. The molecule has 2 aliphatic heterocycles. The largest absolute Gasteiger partial charge is 0.497 e. The average molecular weight is 352 g/mol. The third-order valence-corrected chi connectivity index (χ3v) is 6.48. The van der Waals surface area contributed by atoms with Crippen LogP contribution in [0.1, 0.15) is 36.3 Å². The standard InChI is InChI=1S/C21H28N4O/c1-23-11-16-12-24(14-20-22-9-10-25(20)17-5-6-17)13-19(16)21(23)15-3-7-18(26-2)8-4-15/h3-4,7-10,16-17,19,21H,5-6,11-14H2,1-2H3/t16-,19+,21-/m0/s1. The molecule has 0 bridgehead atoms. The second kappa shape index (κ2) is 6.39. The van der Waals surface area contributed by atoms with Gasteiger partial charge in [0.05, 0.1) is 13.7 Å². The zero-order valence-electron chi connectivity index (χ0n) is 15.7. The molecule has 3 heterocycles. The second-order valence-corrected chi connectivity index (χ2v) is 8.26. The third kappa shape index (κ3) is 2.83. The number of methoxy groups -OCH3 is 1. The first kappa shape index (κ1) is 16.3. The van der Waals surface area contributed by atoms with Gasteiger partial charge in [0, 0.05) is 44.1 Å². The molecule has 1 aromatic heterocycles. The summed E-state index contributed by atoms with van der Waals surface area (Å²) in [6.07, 6.45) is 6.77. The van der Waals surface area contributed by atoms with Crippen LogP contribution in [0.3, 0.4) is 0 Å². The van der Waals surface area contributed by atoms with E-state index in [-0.39, 0.29) is 0 Å². The molecule has 5 heteroatoms. The van der Waals surface area contributed by atoms with Crippen LogP contribution in [0.15, 0.2) is 36.7 Å². The van der Waals surface area contributed by atoms with Gasteiger partial charge in [-0.15, -0.1) is 0 Å². The summed E-state index contributed by atoms with van der Waals surface area (Å²) in [7, 11) is 4.00. The maximum atomic E-state index is 5.33. The Hall–Kier alpha value is -1.85. The molecule has 1 aliphatic carbocycles. The van der Waals surface area contributed by atoms with E-state index in [1.54, 1.807) is 7.11 Å². The van der Waals surface area contributed by atoms with Crippen molar-refractivity contribution in [1.29, 1.82) is 0 Å². The van der Waals surface area contributed by atoms with Crippen LogP contribution in [0.2, 0.25) is 0 Å². The molecule has 0 radical (unpaired) electrons. The molecule has 0 unspecified atom stereocenters. The minimum atomic E-state index is 0.513. The van der Waals surface area contributed by atoms with Crippen LogP contribution in [0.4, 0.5) is 0 Å². The summed E-state index contributed by atoms with van der Waals surface area (Å²) < 4.78 is 7.73. The van der Waals surface area contributed by atoms with E-state index in [1.165, 1.54) is 43.9 Å². The van der Waals surface area contributed by atoms with Crippen LogP contribution in [0.5, 0.6) is 5.75 Å². The average Bonchev–Trinajstić information content (AvgIpc) is 3.15. The Labute approximate surface area is 155 Å². The number of likely N-dealkylation sites (tertiary alicyclic amines) is 2. The lowest BCUT2D eigenvalue weighted by atomic mass is 9.89. The van der Waals surface area contributed by atoms with Gasteiger partial charge in [0.2, 0.25) is 0 Å². The van der Waals surface area contributed by atoms with Crippen molar-refractivity contribution in [2.24, 2.45) is 11.8 Å². The fraction of sp³-hybridized carbons (Fsp3) is 0.571. The molecule has 2 aromatic rings. The lowest BCUT2D eigenvalue weighted by Gasteiger charge is -2.27. The van der Waals surface area contributed by atoms with Gasteiger partial charge in [0.25, 0.3) is 0 Å². The number of fused-ring (bicyclic) bond motifs is 1. The smallest absolute Gasteiger partial charge is 0.123 e. The SMILES string of the molecule is COc1ccc([C@H]2[C@@H]3CN(Cc4nccn4C4CC4)C[C@@H]3CN2C)cc1. The maximum absolute atomic E-state index is 5.33. The number of hydrogen-bond acceptors (Lipinski definition) is 4. The molecule has 3 aliphatic rings. The van der Waals surface area contributed by atoms with E-state index in [0.717, 1.165) is 18.2 Å². The molecule has 3 fully saturated rings. The highest BCUT2D eigenvalue weighted by Gasteiger charge is 2.46. The minimum absolute atomic E-state index is 0.513. The lowest BCUT2D eigenvalue weighted by Crippen LogP contribution is -2.29. The molecule has 1 aromatic carbocycles. The highest BCUT2D eigenvalue weighted by Crippen LogP contribution is 2.44. The van der Waals surface area contributed by atoms with Crippen molar-refractivity contribution in [2.45, 2.75) is 31.5 Å². The molecule has 0 amide bonds. The van der Waals surface area contributed by atoms with Gasteiger partial charge in [-0.25, -0.2) is 4.98 Å². The summed E-state index contributed by atoms with van der Waals surface area (Å²) in [5.74, 6) is 3.65. The molecule has 1 saturated carbocycles. The molecular weight excluding hydrogens is 324 g/mol. The van der Waals surface area contributed by atoms with E-state index in [1.807, 2.05) is 6.20 Å². The van der Waals surface area contributed by atoms with Gasteiger partial charge in [-0.1, -0.05) is 12.1 Å². The van der Waals surface area contributed by atoms with Crippen LogP contribution in [-0.2, 0) is 6.54 Å². The molecule has 5 nitrogen and oxygen atoms in total. The number of imidazole rings is 1. The first-order valence-electron chi connectivity index (χ1n) is 9.81. The van der Waals surface area contributed by atoms with E-state index < -0.39 is 0 Å². The highest BCUT2D eigenvalue weighted by atomic mass is 16.5. The number of ether oxygens (including phenoxy) is 1. The number of rotatable bonds is 5. The van der Waals surface area contributed by atoms with Crippen molar-refractivity contribution < 1.29 is 4.74 Å². The van der Waals surface area contributed by atoms with Crippen molar-refractivity contribution in [2.75, 3.05) is 33.8 Å². The monoisotopic (exact) mass is 352 g/mol. The number of benzene rings is 1. The minimum Gasteiger partial charge on any atom is -0.497 e. The Kier molecular flexibility index (Phi) is 4.02. The number of nitrogens with zero attached hydrogens (tertiary/aromatic N) is 4. The molecule has 0 N–H and O–H groups in total. The van der Waals surface area contributed by atoms with Crippen LogP contribution in [0.25, 0.3) is 0 Å². The number of aromatic nitrogens is 2. The van der Waals surface area contributed by atoms with Gasteiger partial charge in [0.15, 0.2) is 0 Å². The normalized spacial score (nSPS) is 29.2. The van der Waals surface area contributed by atoms with Gasteiger partial charge in [-0.3, -0.25) is 9.80 Å². The summed E-state index contributed by atoms with van der Waals surface area (Å²) in [6, 6.07) is 9.90. The Morgan fingerprint density at radius 2 is 1.92 bits per heavy atom. The molecule has 138 valence electrons. The maximum Gasteiger partial charge on any atom is 0.123 e. The summed E-state index contributed by atoms with van der Waals surface area (Å²) in [4.78, 5) is 9.81. The summed E-state index contributed by atoms with van der Waals surface area (Å²) in [6.45, 7) is 4.55. The van der Waals surface area contributed by atoms with Crippen molar-refractivity contribution in [1.82, 2.24) is 19.4 Å². The third-order valence-electron chi connectivity index (χ3n) is 6.48. The zero-order chi connectivity index (χ0) is 17.7. The quantitative estimate of drug-likeness (QED) is 0.828. The van der Waals surface area contributed by atoms with Gasteiger partial charge < -0.3 is 9.30 Å². The van der Waals surface area contributed by atoms with E-state index in [2.05, 4.69) is 56.9 Å². The lowest BCUT2D eigenvalue weighted by molar-refractivity contribution is 0.220. The van der Waals surface area contributed by atoms with E-state index in [9.17, 15) is 0 Å². The first-order valence-corrected chi connectivity index (χ1v) is 9.81. The fourth-order valence-corrected chi connectivity index (χ4v) is 5.13. The molecule has 0 spiro atoms. The highest BCUT2D eigenvalue weighted by molar-refractivity contribution is 5.30. The molecule has 5 rings (SSSR count). The van der Waals surface area contributed by atoms with Crippen molar-refractivity contribution in [3.63, 3.8) is 0 Å². The fourth-order valence-electron chi connectivity index (χ4n) is 5.13. The predicted octanol–water partition coefficient (Wildman–Crippen LogP) is 2.96. The van der Waals surface area contributed by atoms with Crippen LogP contribution >= 0.6 is 0 Å². The van der Waals surface area contributed by atoms with Crippen LogP contribution in [0, 0.1) is 11.8 Å².